The Labute approximate surface area is 223 Å². The molecule has 0 saturated carbocycles. The van der Waals surface area contributed by atoms with Crippen molar-refractivity contribution >= 4 is 34.9 Å². The van der Waals surface area contributed by atoms with E-state index in [9.17, 15) is 27.9 Å². The van der Waals surface area contributed by atoms with E-state index in [2.05, 4.69) is 20.3 Å². The fourth-order valence-electron chi connectivity index (χ4n) is 3.58. The highest BCUT2D eigenvalue weighted by Gasteiger charge is 2.34. The third-order valence-corrected chi connectivity index (χ3v) is 6.68. The first-order chi connectivity index (χ1) is 18.0. The smallest absolute Gasteiger partial charge is 0.451 e. The van der Waals surface area contributed by atoms with Gasteiger partial charge in [0.1, 0.15) is 27.8 Å². The van der Waals surface area contributed by atoms with Crippen molar-refractivity contribution in [1.82, 2.24) is 25.2 Å². The lowest BCUT2D eigenvalue weighted by Gasteiger charge is -2.30. The van der Waals surface area contributed by atoms with Gasteiger partial charge in [-0.3, -0.25) is 4.79 Å². The maximum Gasteiger partial charge on any atom is 0.451 e. The van der Waals surface area contributed by atoms with Crippen molar-refractivity contribution in [2.75, 3.05) is 26.3 Å². The molecule has 15 heteroatoms. The lowest BCUT2D eigenvalue weighted by molar-refractivity contribution is -0.145. The normalized spacial score (nSPS) is 16.7. The number of amides is 2. The van der Waals surface area contributed by atoms with E-state index >= 15 is 0 Å². The molecular weight excluding hydrogens is 551 g/mol. The van der Waals surface area contributed by atoms with E-state index in [-0.39, 0.29) is 37.4 Å². The van der Waals surface area contributed by atoms with E-state index in [4.69, 9.17) is 21.1 Å². The Hall–Kier alpha value is -3.49. The Balaban J connectivity index is 1.52. The number of nitrogens with one attached hydrogen (secondary N) is 1. The molecule has 202 valence electrons. The van der Waals surface area contributed by atoms with Crippen molar-refractivity contribution in [3.63, 3.8) is 0 Å². The predicted molar refractivity (Wildman–Crippen MR) is 130 cm³/mol. The summed E-state index contributed by atoms with van der Waals surface area (Å²) in [6.07, 6.45) is -2.74. The zero-order chi connectivity index (χ0) is 27.4. The Morgan fingerprint density at radius 3 is 2.63 bits per heavy atom. The average Bonchev–Trinajstić information content (AvgIpc) is 3.33. The third kappa shape index (κ3) is 6.88. The molecule has 2 aromatic heterocycles. The molecule has 0 radical (unpaired) electrons. The van der Waals surface area contributed by atoms with Gasteiger partial charge < -0.3 is 24.8 Å². The van der Waals surface area contributed by atoms with Crippen LogP contribution < -0.4 is 10.1 Å². The molecule has 1 unspecified atom stereocenters. The Morgan fingerprint density at radius 2 is 2.00 bits per heavy atom. The molecule has 10 nitrogen and oxygen atoms in total. The van der Waals surface area contributed by atoms with E-state index in [1.165, 1.54) is 28.5 Å². The van der Waals surface area contributed by atoms with Crippen LogP contribution in [0.1, 0.15) is 34.7 Å². The number of carbonyl (C=O) groups excluding carboxylic acids is 1. The quantitative estimate of drug-likeness (QED) is 0.424. The first kappa shape index (κ1) is 27.5. The summed E-state index contributed by atoms with van der Waals surface area (Å²) in [4.78, 5) is 36.5. The first-order valence-corrected chi connectivity index (χ1v) is 12.4. The third-order valence-electron chi connectivity index (χ3n) is 5.51. The fourth-order valence-corrected chi connectivity index (χ4v) is 4.48. The Morgan fingerprint density at radius 1 is 1.26 bits per heavy atom. The van der Waals surface area contributed by atoms with Crippen molar-refractivity contribution in [3.05, 3.63) is 58.1 Å². The second kappa shape index (κ2) is 11.5. The van der Waals surface area contributed by atoms with E-state index in [0.717, 1.165) is 12.4 Å². The number of thiazole rings is 1. The highest BCUT2D eigenvalue weighted by molar-refractivity contribution is 7.18. The van der Waals surface area contributed by atoms with Crippen molar-refractivity contribution < 1.29 is 37.3 Å². The molecule has 2 N–H and O–H groups in total. The molecule has 1 fully saturated rings. The molecule has 0 spiro atoms. The monoisotopic (exact) mass is 571 g/mol. The number of hydrogen-bond acceptors (Lipinski definition) is 8. The van der Waals surface area contributed by atoms with Gasteiger partial charge in [0.15, 0.2) is 0 Å². The SMILES string of the molecule is CC(NC(=O)c1cc(OC[C@H]2CN(C(=O)O)CCO2)cc(-c2ncc(Cl)s2)c1)c1cnc(C(F)(F)F)nc1. The van der Waals surface area contributed by atoms with Gasteiger partial charge in [0.2, 0.25) is 5.82 Å². The summed E-state index contributed by atoms with van der Waals surface area (Å²) in [5, 5.41) is 12.5. The minimum absolute atomic E-state index is 0.0339. The number of nitrogens with zero attached hydrogens (tertiary/aromatic N) is 4. The van der Waals surface area contributed by atoms with Gasteiger partial charge in [0.25, 0.3) is 5.91 Å². The van der Waals surface area contributed by atoms with Crippen LogP contribution in [0.2, 0.25) is 4.34 Å². The maximum atomic E-state index is 13.1. The van der Waals surface area contributed by atoms with Gasteiger partial charge in [-0.05, 0) is 25.1 Å². The van der Waals surface area contributed by atoms with Crippen LogP contribution in [0.25, 0.3) is 10.6 Å². The molecule has 1 saturated heterocycles. The summed E-state index contributed by atoms with van der Waals surface area (Å²) in [6.45, 7) is 2.25. The molecule has 1 aromatic carbocycles. The molecular formula is C23H21ClF3N5O5S. The lowest BCUT2D eigenvalue weighted by atomic mass is 10.1. The summed E-state index contributed by atoms with van der Waals surface area (Å²) in [7, 11) is 0. The highest BCUT2D eigenvalue weighted by atomic mass is 35.5. The number of carbonyl (C=O) groups is 2. The molecule has 2 atom stereocenters. The molecule has 2 amide bonds. The minimum Gasteiger partial charge on any atom is -0.491 e. The Bertz CT molecular complexity index is 1310. The largest absolute Gasteiger partial charge is 0.491 e. The number of rotatable bonds is 7. The number of benzene rings is 1. The predicted octanol–water partition coefficient (Wildman–Crippen LogP) is 4.52. The number of carboxylic acid groups (broad SMARTS) is 1. The zero-order valence-electron chi connectivity index (χ0n) is 19.7. The van der Waals surface area contributed by atoms with E-state index < -0.39 is 36.1 Å². The van der Waals surface area contributed by atoms with Gasteiger partial charge in [0, 0.05) is 35.6 Å². The van der Waals surface area contributed by atoms with Crippen molar-refractivity contribution in [3.8, 4) is 16.3 Å². The molecule has 3 heterocycles. The van der Waals surface area contributed by atoms with Crippen LogP contribution in [0.4, 0.5) is 18.0 Å². The van der Waals surface area contributed by atoms with Crippen molar-refractivity contribution in [2.45, 2.75) is 25.2 Å². The molecule has 4 rings (SSSR count). The van der Waals surface area contributed by atoms with Crippen LogP contribution in [-0.2, 0) is 10.9 Å². The Kier molecular flexibility index (Phi) is 8.33. The summed E-state index contributed by atoms with van der Waals surface area (Å²) in [5.41, 5.74) is 1.02. The van der Waals surface area contributed by atoms with Crippen LogP contribution in [0.3, 0.4) is 0 Å². The lowest BCUT2D eigenvalue weighted by Crippen LogP contribution is -2.47. The molecule has 3 aromatic rings. The van der Waals surface area contributed by atoms with Crippen molar-refractivity contribution in [2.24, 2.45) is 0 Å². The van der Waals surface area contributed by atoms with Gasteiger partial charge >= 0.3 is 12.3 Å². The number of aromatic nitrogens is 3. The van der Waals surface area contributed by atoms with Crippen LogP contribution in [0, 0.1) is 0 Å². The summed E-state index contributed by atoms with van der Waals surface area (Å²) < 4.78 is 50.1. The molecule has 1 aliphatic heterocycles. The van der Waals surface area contributed by atoms with Crippen LogP contribution >= 0.6 is 22.9 Å². The number of alkyl halides is 3. The zero-order valence-corrected chi connectivity index (χ0v) is 21.3. The second-order valence-corrected chi connectivity index (χ2v) is 9.94. The van der Waals surface area contributed by atoms with Crippen LogP contribution in [-0.4, -0.2) is 69.4 Å². The van der Waals surface area contributed by atoms with E-state index in [1.807, 2.05) is 0 Å². The van der Waals surface area contributed by atoms with E-state index in [0.29, 0.717) is 20.7 Å². The first-order valence-electron chi connectivity index (χ1n) is 11.2. The standard InChI is InChI=1S/C23H21ClF3N5O5S/c1-12(15-7-29-21(30-8-15)23(25,26)27)31-19(33)13-4-14(20-28-9-18(24)38-20)6-16(5-13)37-11-17-10-32(22(34)35)2-3-36-17/h4-9,12,17H,2-3,10-11H2,1H3,(H,31,33)(H,34,35)/t12?,17-/m1/s1. The summed E-state index contributed by atoms with van der Waals surface area (Å²) in [5.74, 6) is -1.50. The summed E-state index contributed by atoms with van der Waals surface area (Å²) >= 11 is 7.22. The van der Waals surface area contributed by atoms with Crippen LogP contribution in [0.5, 0.6) is 5.75 Å². The van der Waals surface area contributed by atoms with Gasteiger partial charge in [0.05, 0.1) is 25.4 Å². The molecule has 1 aliphatic rings. The second-order valence-electron chi connectivity index (χ2n) is 8.28. The number of morpholine rings is 1. The maximum absolute atomic E-state index is 13.1. The number of ether oxygens (including phenoxy) is 2. The van der Waals surface area contributed by atoms with Gasteiger partial charge in [-0.2, -0.15) is 13.2 Å². The minimum atomic E-state index is -4.67. The molecule has 0 bridgehead atoms. The van der Waals surface area contributed by atoms with Crippen LogP contribution in [0.15, 0.2) is 36.8 Å². The number of halogens is 4. The molecule has 0 aliphatic carbocycles. The van der Waals surface area contributed by atoms with Gasteiger partial charge in [-0.25, -0.2) is 19.7 Å². The molecule has 38 heavy (non-hydrogen) atoms. The summed E-state index contributed by atoms with van der Waals surface area (Å²) in [6, 6.07) is 4.03. The topological polar surface area (TPSA) is 127 Å². The van der Waals surface area contributed by atoms with E-state index in [1.54, 1.807) is 19.1 Å². The average molecular weight is 572 g/mol. The van der Waals surface area contributed by atoms with Gasteiger partial charge in [-0.1, -0.05) is 11.6 Å². The van der Waals surface area contributed by atoms with Gasteiger partial charge in [-0.15, -0.1) is 11.3 Å². The number of hydrogen-bond donors (Lipinski definition) is 2. The highest BCUT2D eigenvalue weighted by Crippen LogP contribution is 2.32. The fraction of sp³-hybridized carbons (Fsp3) is 0.348. The van der Waals surface area contributed by atoms with Crippen molar-refractivity contribution in [1.29, 1.82) is 0 Å².